The van der Waals surface area contributed by atoms with E-state index in [9.17, 15) is 9.18 Å². The van der Waals surface area contributed by atoms with Crippen LogP contribution in [0.2, 0.25) is 0 Å². The van der Waals surface area contributed by atoms with Crippen molar-refractivity contribution in [1.29, 1.82) is 0 Å². The summed E-state index contributed by atoms with van der Waals surface area (Å²) < 4.78 is 18.8. The van der Waals surface area contributed by atoms with E-state index in [-0.39, 0.29) is 11.7 Å². The Morgan fingerprint density at radius 3 is 3.10 bits per heavy atom. The Hall–Kier alpha value is -2.21. The molecule has 2 heterocycles. The lowest BCUT2D eigenvalue weighted by Gasteiger charge is -2.01. The van der Waals surface area contributed by atoms with Crippen molar-refractivity contribution in [2.24, 2.45) is 0 Å². The number of aryl methyl sites for hydroxylation is 1. The molecule has 3 rings (SSSR count). The van der Waals surface area contributed by atoms with Crippen molar-refractivity contribution < 1.29 is 13.7 Å². The van der Waals surface area contributed by atoms with E-state index in [1.165, 1.54) is 23.5 Å². The summed E-state index contributed by atoms with van der Waals surface area (Å²) in [7, 11) is 0. The number of halogens is 1. The van der Waals surface area contributed by atoms with Crippen LogP contribution in [0.1, 0.15) is 21.7 Å². The van der Waals surface area contributed by atoms with E-state index in [4.69, 9.17) is 4.52 Å². The SMILES string of the molecule is O=C(NCCCc1cnoc1)c1cc2cc(F)ccc2s1. The number of aromatic nitrogens is 1. The fraction of sp³-hybridized carbons (Fsp3) is 0.200. The number of thiophene rings is 1. The second-order valence-corrected chi connectivity index (χ2v) is 5.77. The van der Waals surface area contributed by atoms with E-state index in [2.05, 4.69) is 10.5 Å². The average molecular weight is 304 g/mol. The fourth-order valence-corrected chi connectivity index (χ4v) is 3.02. The summed E-state index contributed by atoms with van der Waals surface area (Å²) in [6, 6.07) is 6.25. The summed E-state index contributed by atoms with van der Waals surface area (Å²) in [4.78, 5) is 12.6. The van der Waals surface area contributed by atoms with Crippen LogP contribution in [0, 0.1) is 5.82 Å². The number of carbonyl (C=O) groups excluding carboxylic acids is 1. The van der Waals surface area contributed by atoms with Gasteiger partial charge in [-0.1, -0.05) is 5.16 Å². The van der Waals surface area contributed by atoms with Crippen LogP contribution >= 0.6 is 11.3 Å². The number of nitrogens with one attached hydrogen (secondary N) is 1. The molecule has 0 aliphatic heterocycles. The van der Waals surface area contributed by atoms with Gasteiger partial charge in [-0.05, 0) is 42.5 Å². The average Bonchev–Trinajstić information content (AvgIpc) is 3.11. The monoisotopic (exact) mass is 304 g/mol. The number of nitrogens with zero attached hydrogens (tertiary/aromatic N) is 1. The van der Waals surface area contributed by atoms with Gasteiger partial charge in [0.2, 0.25) is 0 Å². The Labute approximate surface area is 124 Å². The molecule has 1 N–H and O–H groups in total. The highest BCUT2D eigenvalue weighted by atomic mass is 32.1. The predicted molar refractivity (Wildman–Crippen MR) is 78.9 cm³/mol. The molecule has 0 aliphatic carbocycles. The van der Waals surface area contributed by atoms with Crippen LogP contribution in [-0.2, 0) is 6.42 Å². The highest BCUT2D eigenvalue weighted by Crippen LogP contribution is 2.26. The van der Waals surface area contributed by atoms with Crippen LogP contribution < -0.4 is 5.32 Å². The number of carbonyl (C=O) groups is 1. The first-order valence-corrected chi connectivity index (χ1v) is 7.39. The second kappa shape index (κ2) is 6.05. The molecule has 0 unspecified atom stereocenters. The van der Waals surface area contributed by atoms with Crippen molar-refractivity contribution in [3.05, 3.63) is 53.0 Å². The first kappa shape index (κ1) is 13.8. The van der Waals surface area contributed by atoms with Crippen molar-refractivity contribution in [2.75, 3.05) is 6.54 Å². The largest absolute Gasteiger partial charge is 0.364 e. The predicted octanol–water partition coefficient (Wildman–Crippen LogP) is 3.39. The number of hydrogen-bond donors (Lipinski definition) is 1. The normalized spacial score (nSPS) is 10.9. The number of rotatable bonds is 5. The topological polar surface area (TPSA) is 55.1 Å². The molecular formula is C15H13FN2O2S. The van der Waals surface area contributed by atoms with Crippen LogP contribution in [0.5, 0.6) is 0 Å². The van der Waals surface area contributed by atoms with Crippen LogP contribution in [0.25, 0.3) is 10.1 Å². The van der Waals surface area contributed by atoms with Gasteiger partial charge in [0.05, 0.1) is 11.1 Å². The zero-order valence-electron chi connectivity index (χ0n) is 11.1. The maximum absolute atomic E-state index is 13.1. The zero-order valence-corrected chi connectivity index (χ0v) is 12.0. The Morgan fingerprint density at radius 2 is 2.29 bits per heavy atom. The Bertz CT molecular complexity index is 752. The number of fused-ring (bicyclic) bond motifs is 1. The van der Waals surface area contributed by atoms with E-state index in [1.54, 1.807) is 24.6 Å². The van der Waals surface area contributed by atoms with E-state index in [0.29, 0.717) is 11.4 Å². The van der Waals surface area contributed by atoms with Gasteiger partial charge in [-0.3, -0.25) is 4.79 Å². The van der Waals surface area contributed by atoms with Gasteiger partial charge in [0.1, 0.15) is 12.1 Å². The molecule has 0 radical (unpaired) electrons. The minimum Gasteiger partial charge on any atom is -0.364 e. The number of amides is 1. The van der Waals surface area contributed by atoms with Crippen LogP contribution in [0.4, 0.5) is 4.39 Å². The Balaban J connectivity index is 1.56. The molecule has 3 aromatic rings. The van der Waals surface area contributed by atoms with Gasteiger partial charge in [-0.15, -0.1) is 11.3 Å². The molecule has 0 saturated carbocycles. The molecule has 0 saturated heterocycles. The van der Waals surface area contributed by atoms with Crippen LogP contribution in [0.15, 0.2) is 41.2 Å². The molecule has 4 nitrogen and oxygen atoms in total. The van der Waals surface area contributed by atoms with Gasteiger partial charge in [0.25, 0.3) is 5.91 Å². The van der Waals surface area contributed by atoms with Gasteiger partial charge in [0, 0.05) is 16.8 Å². The van der Waals surface area contributed by atoms with Crippen molar-refractivity contribution in [3.8, 4) is 0 Å². The maximum atomic E-state index is 13.1. The Kier molecular flexibility index (Phi) is 3.96. The van der Waals surface area contributed by atoms with E-state index in [1.807, 2.05) is 0 Å². The lowest BCUT2D eigenvalue weighted by molar-refractivity contribution is 0.0957. The van der Waals surface area contributed by atoms with Gasteiger partial charge in [0.15, 0.2) is 0 Å². The standard InChI is InChI=1S/C15H13FN2O2S/c16-12-3-4-13-11(6-12)7-14(21-13)15(19)17-5-1-2-10-8-18-20-9-10/h3-4,6-9H,1-2,5H2,(H,17,19). The third-order valence-electron chi connectivity index (χ3n) is 3.11. The molecular weight excluding hydrogens is 291 g/mol. The summed E-state index contributed by atoms with van der Waals surface area (Å²) >= 11 is 1.37. The summed E-state index contributed by atoms with van der Waals surface area (Å²) in [5.74, 6) is -0.414. The quantitative estimate of drug-likeness (QED) is 0.735. The third-order valence-corrected chi connectivity index (χ3v) is 4.23. The zero-order chi connectivity index (χ0) is 14.7. The maximum Gasteiger partial charge on any atom is 0.261 e. The first-order chi connectivity index (χ1) is 10.2. The molecule has 0 aliphatic rings. The van der Waals surface area contributed by atoms with E-state index < -0.39 is 0 Å². The molecule has 1 amide bonds. The highest BCUT2D eigenvalue weighted by molar-refractivity contribution is 7.20. The van der Waals surface area contributed by atoms with Crippen molar-refractivity contribution in [2.45, 2.75) is 12.8 Å². The molecule has 1 aromatic carbocycles. The third kappa shape index (κ3) is 3.28. The molecule has 2 aromatic heterocycles. The molecule has 0 fully saturated rings. The molecule has 0 atom stereocenters. The van der Waals surface area contributed by atoms with Gasteiger partial charge < -0.3 is 9.84 Å². The summed E-state index contributed by atoms with van der Waals surface area (Å²) in [6.45, 7) is 0.576. The molecule has 0 bridgehead atoms. The fourth-order valence-electron chi connectivity index (χ4n) is 2.06. The summed E-state index contributed by atoms with van der Waals surface area (Å²) in [6.07, 6.45) is 4.89. The highest BCUT2D eigenvalue weighted by Gasteiger charge is 2.10. The second-order valence-electron chi connectivity index (χ2n) is 4.68. The van der Waals surface area contributed by atoms with Crippen molar-refractivity contribution in [3.63, 3.8) is 0 Å². The lowest BCUT2D eigenvalue weighted by atomic mass is 10.2. The number of hydrogen-bond acceptors (Lipinski definition) is 4. The van der Waals surface area contributed by atoms with Crippen LogP contribution in [-0.4, -0.2) is 17.6 Å². The van der Waals surface area contributed by atoms with Crippen molar-refractivity contribution in [1.82, 2.24) is 10.5 Å². The Morgan fingerprint density at radius 1 is 1.38 bits per heavy atom. The molecule has 0 spiro atoms. The minimum atomic E-state index is -0.291. The smallest absolute Gasteiger partial charge is 0.261 e. The number of benzene rings is 1. The van der Waals surface area contributed by atoms with Crippen molar-refractivity contribution >= 4 is 27.3 Å². The van der Waals surface area contributed by atoms with E-state index in [0.717, 1.165) is 28.5 Å². The molecule has 6 heteroatoms. The van der Waals surface area contributed by atoms with Crippen LogP contribution in [0.3, 0.4) is 0 Å². The lowest BCUT2D eigenvalue weighted by Crippen LogP contribution is -2.23. The summed E-state index contributed by atoms with van der Waals surface area (Å²) in [5.41, 5.74) is 1.02. The van der Waals surface area contributed by atoms with Gasteiger partial charge >= 0.3 is 0 Å². The summed E-state index contributed by atoms with van der Waals surface area (Å²) in [5, 5.41) is 7.25. The molecule has 21 heavy (non-hydrogen) atoms. The molecule has 108 valence electrons. The van der Waals surface area contributed by atoms with Gasteiger partial charge in [-0.2, -0.15) is 0 Å². The minimum absolute atomic E-state index is 0.123. The van der Waals surface area contributed by atoms with Gasteiger partial charge in [-0.25, -0.2) is 4.39 Å². The van der Waals surface area contributed by atoms with E-state index >= 15 is 0 Å². The first-order valence-electron chi connectivity index (χ1n) is 6.58.